The Morgan fingerprint density at radius 2 is 0.899 bits per heavy atom. The molecular formula is C49H77NO29. The third-order valence-electron chi connectivity index (χ3n) is 14.4. The Hall–Kier alpha value is -3.49. The normalized spacial score (nSPS) is 40.9. The van der Waals surface area contributed by atoms with Gasteiger partial charge in [-0.05, 0) is 12.0 Å². The molecule has 30 heteroatoms. The van der Waals surface area contributed by atoms with Crippen LogP contribution in [-0.2, 0) is 106 Å². The number of carbonyl (C=O) groups excluding carboxylic acids is 1. The minimum atomic E-state index is -2.10. The Morgan fingerprint density at radius 1 is 0.468 bits per heavy atom. The summed E-state index contributed by atoms with van der Waals surface area (Å²) in [6.45, 7) is -1.52. The summed E-state index contributed by atoms with van der Waals surface area (Å²) < 4.78 is 111. The second kappa shape index (κ2) is 30.7. The van der Waals surface area contributed by atoms with Crippen molar-refractivity contribution >= 4 is 18.0 Å². The minimum absolute atomic E-state index is 0.0460. The third-order valence-corrected chi connectivity index (χ3v) is 14.4. The lowest BCUT2D eigenvalue weighted by molar-refractivity contribution is -0.390. The average Bonchev–Trinajstić information content (AvgIpc) is 3.50. The van der Waals surface area contributed by atoms with Crippen LogP contribution in [0, 0.1) is 0 Å². The van der Waals surface area contributed by atoms with E-state index in [1.165, 1.54) is 64.0 Å². The predicted molar refractivity (Wildman–Crippen MR) is 258 cm³/mol. The van der Waals surface area contributed by atoms with Crippen LogP contribution in [0.2, 0.25) is 0 Å². The van der Waals surface area contributed by atoms with Crippen LogP contribution in [0.25, 0.3) is 0 Å². The molecule has 0 radical (unpaired) electrons. The van der Waals surface area contributed by atoms with Crippen molar-refractivity contribution in [3.63, 3.8) is 0 Å². The highest BCUT2D eigenvalue weighted by Crippen LogP contribution is 2.39. The van der Waals surface area contributed by atoms with Crippen LogP contribution in [0.4, 0.5) is 4.79 Å². The summed E-state index contributed by atoms with van der Waals surface area (Å²) in [5, 5.41) is 79.7. The zero-order valence-electron chi connectivity index (χ0n) is 45.2. The van der Waals surface area contributed by atoms with E-state index in [1.807, 2.05) is 18.2 Å². The number of hydrogen-bond donors (Lipinski definition) is 8. The van der Waals surface area contributed by atoms with Gasteiger partial charge in [-0.15, -0.1) is 0 Å². The Balaban J connectivity index is 1.14. The molecule has 0 spiro atoms. The lowest BCUT2D eigenvalue weighted by atomic mass is 9.92. The maximum absolute atomic E-state index is 13.1. The number of alkyl carbamates (subject to hydrolysis) is 1. The summed E-state index contributed by atoms with van der Waals surface area (Å²) in [6.07, 6.45) is -36.9. The van der Waals surface area contributed by atoms with Gasteiger partial charge in [0.25, 0.3) is 0 Å². The number of benzene rings is 1. The molecule has 0 unspecified atom stereocenters. The van der Waals surface area contributed by atoms with E-state index < -0.39 is 185 Å². The van der Waals surface area contributed by atoms with Crippen LogP contribution in [0.15, 0.2) is 30.3 Å². The second-order valence-electron chi connectivity index (χ2n) is 18.9. The first-order valence-electron chi connectivity index (χ1n) is 25.3. The van der Waals surface area contributed by atoms with Gasteiger partial charge in [-0.3, -0.25) is 0 Å². The standard InChI is InChI=1S/C49H77NO29/c1-61-20-25-31(28(55)29(62-2)22(71-25)15-16-50-49(60)70-19-21-13-11-10-12-14-21)75-48-41(68-8)34(65-5)36(38(78-48)43(56)57)76-45-27(54)26(53)30(23(17-51)72-45)74-47-42(69-9)35(66-6)37(39(79-47)44(58)59)77-46-40(67-7)33(64-4)32(63-3)24(18-52)73-46/h10-14,22-42,45-48,51-55H,15-20H2,1-9H3,(H,50,60)(H,56,57)(H,58,59)/t22-,23+,24+,25+,26+,27+,28+,29-,30+,31+,32+,33-,34-,35-,36-,37-,38+,39-,40+,41+,42+,45+,46+,47+,48+/m0/s1. The summed E-state index contributed by atoms with van der Waals surface area (Å²) in [6, 6.07) is 9.08. The largest absolute Gasteiger partial charge is 0.479 e. The quantitative estimate of drug-likeness (QED) is 0.0424. The predicted octanol–water partition coefficient (Wildman–Crippen LogP) is -3.49. The number of ether oxygens (including phenoxy) is 19. The SMILES string of the molecule is COC[C@H]1O[C@@H](CCNC(=O)OCc2ccccc2)[C@H](OC)[C@@H](O)[C@@H]1O[C@@H]1O[C@@H](C(=O)O)[C@@H](O[C@H]2O[C@H](CO)[C@@H](O[C@@H]3O[C@H](C(=O)O)[C@@H](O[C@H]4O[C@H](CO)[C@@H](OC)[C@H](OC)[C@H]4OC)[C@H](OC)[C@H]3OC)[C@H](O)[C@H]2O)[C@H](OC)[C@H]1OC. The van der Waals surface area contributed by atoms with E-state index in [9.17, 15) is 50.1 Å². The topological polar surface area (TPSA) is 380 Å². The molecule has 1 amide bonds. The van der Waals surface area contributed by atoms with E-state index in [-0.39, 0.29) is 26.2 Å². The molecule has 30 nitrogen and oxygen atoms in total. The minimum Gasteiger partial charge on any atom is -0.479 e. The van der Waals surface area contributed by atoms with Gasteiger partial charge in [-0.1, -0.05) is 30.3 Å². The molecule has 0 aromatic heterocycles. The summed E-state index contributed by atoms with van der Waals surface area (Å²) in [4.78, 5) is 38.5. The van der Waals surface area contributed by atoms with Crippen LogP contribution in [0.3, 0.4) is 0 Å². The van der Waals surface area contributed by atoms with Gasteiger partial charge in [0.1, 0.15) is 116 Å². The van der Waals surface area contributed by atoms with Gasteiger partial charge in [0.15, 0.2) is 37.4 Å². The van der Waals surface area contributed by atoms with Gasteiger partial charge in [-0.2, -0.15) is 0 Å². The lowest BCUT2D eigenvalue weighted by Crippen LogP contribution is -2.69. The van der Waals surface area contributed by atoms with E-state index in [1.54, 1.807) is 12.1 Å². The lowest BCUT2D eigenvalue weighted by Gasteiger charge is -2.50. The maximum Gasteiger partial charge on any atom is 0.407 e. The molecule has 0 saturated carbocycles. The number of carboxylic acid groups (broad SMARTS) is 2. The molecule has 5 aliphatic rings. The number of aliphatic hydroxyl groups is 5. The monoisotopic (exact) mass is 1140 g/mol. The highest BCUT2D eigenvalue weighted by molar-refractivity contribution is 5.74. The summed E-state index contributed by atoms with van der Waals surface area (Å²) in [5.41, 5.74) is 0.791. The fraction of sp³-hybridized carbons (Fsp3) is 0.816. The molecule has 5 saturated heterocycles. The Bertz CT molecular complexity index is 2000. The van der Waals surface area contributed by atoms with Gasteiger partial charge in [-0.25, -0.2) is 14.4 Å². The zero-order valence-corrected chi connectivity index (χ0v) is 45.2. The van der Waals surface area contributed by atoms with Crippen molar-refractivity contribution in [3.8, 4) is 0 Å². The van der Waals surface area contributed by atoms with Gasteiger partial charge in [0.2, 0.25) is 0 Å². The number of nitrogens with one attached hydrogen (secondary N) is 1. The molecule has 0 bridgehead atoms. The van der Waals surface area contributed by atoms with Crippen molar-refractivity contribution in [2.24, 2.45) is 0 Å². The number of aliphatic carboxylic acids is 2. The number of carbonyl (C=O) groups is 3. The Kier molecular flexibility index (Phi) is 25.1. The molecule has 25 atom stereocenters. The summed E-state index contributed by atoms with van der Waals surface area (Å²) in [7, 11) is 11.7. The van der Waals surface area contributed by atoms with Crippen molar-refractivity contribution < 1.29 is 140 Å². The number of carboxylic acids is 2. The van der Waals surface area contributed by atoms with Crippen LogP contribution in [0.1, 0.15) is 12.0 Å². The molecule has 5 fully saturated rings. The summed E-state index contributed by atoms with van der Waals surface area (Å²) >= 11 is 0. The number of aliphatic hydroxyl groups excluding tert-OH is 5. The molecule has 5 heterocycles. The highest BCUT2D eigenvalue weighted by atomic mass is 16.8. The van der Waals surface area contributed by atoms with E-state index in [2.05, 4.69) is 5.32 Å². The van der Waals surface area contributed by atoms with Crippen LogP contribution in [-0.4, -0.2) is 297 Å². The maximum atomic E-state index is 13.1. The van der Waals surface area contributed by atoms with Crippen molar-refractivity contribution in [2.45, 2.75) is 166 Å². The van der Waals surface area contributed by atoms with Crippen LogP contribution >= 0.6 is 0 Å². The van der Waals surface area contributed by atoms with Gasteiger partial charge >= 0.3 is 18.0 Å². The van der Waals surface area contributed by atoms with Crippen molar-refractivity contribution in [3.05, 3.63) is 35.9 Å². The third kappa shape index (κ3) is 14.8. The number of rotatable bonds is 27. The molecular weight excluding hydrogens is 1070 g/mol. The summed E-state index contributed by atoms with van der Waals surface area (Å²) in [5.74, 6) is -3.20. The zero-order chi connectivity index (χ0) is 57.7. The van der Waals surface area contributed by atoms with Crippen LogP contribution < -0.4 is 5.32 Å². The number of amides is 1. The van der Waals surface area contributed by atoms with Gasteiger partial charge in [0.05, 0.1) is 25.9 Å². The first-order valence-corrected chi connectivity index (χ1v) is 25.3. The number of methoxy groups -OCH3 is 9. The van der Waals surface area contributed by atoms with E-state index in [0.717, 1.165) is 5.56 Å². The van der Waals surface area contributed by atoms with Crippen molar-refractivity contribution in [1.82, 2.24) is 5.32 Å². The van der Waals surface area contributed by atoms with E-state index in [0.29, 0.717) is 0 Å². The molecule has 452 valence electrons. The highest BCUT2D eigenvalue weighted by Gasteiger charge is 2.60. The molecule has 79 heavy (non-hydrogen) atoms. The molecule has 5 aliphatic heterocycles. The fourth-order valence-corrected chi connectivity index (χ4v) is 10.5. The molecule has 6 rings (SSSR count). The Labute approximate surface area is 455 Å². The average molecular weight is 1140 g/mol. The van der Waals surface area contributed by atoms with Crippen molar-refractivity contribution in [1.29, 1.82) is 0 Å². The first-order chi connectivity index (χ1) is 38.0. The van der Waals surface area contributed by atoms with Crippen LogP contribution in [0.5, 0.6) is 0 Å². The van der Waals surface area contributed by atoms with E-state index in [4.69, 9.17) is 90.0 Å². The second-order valence-corrected chi connectivity index (χ2v) is 18.9. The fourth-order valence-electron chi connectivity index (χ4n) is 10.5. The molecule has 8 N–H and O–H groups in total. The molecule has 1 aromatic carbocycles. The molecule has 1 aromatic rings. The van der Waals surface area contributed by atoms with Crippen molar-refractivity contribution in [2.75, 3.05) is 90.4 Å². The van der Waals surface area contributed by atoms with Gasteiger partial charge in [0, 0.05) is 70.5 Å². The smallest absolute Gasteiger partial charge is 0.407 e. The van der Waals surface area contributed by atoms with E-state index >= 15 is 0 Å². The Morgan fingerprint density at radius 3 is 1.37 bits per heavy atom. The number of hydrogen-bond acceptors (Lipinski definition) is 27. The molecule has 0 aliphatic carbocycles. The van der Waals surface area contributed by atoms with Gasteiger partial charge < -0.3 is 131 Å². The first kappa shape index (κ1) is 64.7.